The van der Waals surface area contributed by atoms with Gasteiger partial charge in [-0.25, -0.2) is 0 Å². The molecule has 1 saturated carbocycles. The monoisotopic (exact) mass is 199 g/mol. The number of carboxylic acids is 1. The summed E-state index contributed by atoms with van der Waals surface area (Å²) in [5.74, 6) is -0.443. The number of carboxylic acid groups (broad SMARTS) is 1. The van der Waals surface area contributed by atoms with Gasteiger partial charge >= 0.3 is 5.97 Å². The zero-order valence-corrected chi connectivity index (χ0v) is 7.97. The van der Waals surface area contributed by atoms with Gasteiger partial charge in [-0.1, -0.05) is 6.07 Å². The van der Waals surface area contributed by atoms with Crippen molar-refractivity contribution in [3.8, 4) is 6.07 Å². The van der Waals surface area contributed by atoms with E-state index in [1.165, 1.54) is 5.56 Å². The highest BCUT2D eigenvalue weighted by atomic mass is 16.4. The third-order valence-corrected chi connectivity index (χ3v) is 3.54. The lowest BCUT2D eigenvalue weighted by molar-refractivity contribution is -0.139. The topological polar surface area (TPSA) is 61.1 Å². The minimum absolute atomic E-state index is 0.172. The molecule has 0 amide bonds. The molecule has 1 fully saturated rings. The molecule has 1 aromatic rings. The average Bonchev–Trinajstić information content (AvgIpc) is 2.83. The first kappa shape index (κ1) is 8.49. The van der Waals surface area contributed by atoms with Crippen molar-refractivity contribution in [2.45, 2.75) is 12.3 Å². The van der Waals surface area contributed by atoms with E-state index in [0.29, 0.717) is 5.56 Å². The van der Waals surface area contributed by atoms with Crippen molar-refractivity contribution < 1.29 is 9.90 Å². The molecule has 0 unspecified atom stereocenters. The first-order chi connectivity index (χ1) is 7.22. The Morgan fingerprint density at radius 2 is 2.33 bits per heavy atom. The standard InChI is InChI=1S/C12H9NO2/c13-5-6-1-2-7-4-9-10(8(7)3-6)11(9)12(14)15/h1-3,9-11H,4H2,(H,14,15)/t9-,10+,11+/m0/s1. The Hall–Kier alpha value is -1.82. The van der Waals surface area contributed by atoms with E-state index in [-0.39, 0.29) is 17.8 Å². The van der Waals surface area contributed by atoms with Crippen LogP contribution < -0.4 is 0 Å². The van der Waals surface area contributed by atoms with Crippen LogP contribution >= 0.6 is 0 Å². The molecule has 0 aromatic heterocycles. The molecule has 0 radical (unpaired) electrons. The summed E-state index contributed by atoms with van der Waals surface area (Å²) in [6, 6.07) is 7.70. The van der Waals surface area contributed by atoms with Gasteiger partial charge in [-0.05, 0) is 35.6 Å². The Kier molecular flexibility index (Phi) is 1.47. The van der Waals surface area contributed by atoms with Gasteiger partial charge in [0, 0.05) is 5.92 Å². The van der Waals surface area contributed by atoms with Crippen molar-refractivity contribution in [2.75, 3.05) is 0 Å². The molecule has 2 aliphatic carbocycles. The van der Waals surface area contributed by atoms with Gasteiger partial charge < -0.3 is 5.11 Å². The van der Waals surface area contributed by atoms with E-state index in [4.69, 9.17) is 10.4 Å². The van der Waals surface area contributed by atoms with Crippen LogP contribution in [0.5, 0.6) is 0 Å². The Morgan fingerprint density at radius 3 is 3.00 bits per heavy atom. The Labute approximate surface area is 87.0 Å². The summed E-state index contributed by atoms with van der Waals surface area (Å²) in [6.07, 6.45) is 0.864. The Morgan fingerprint density at radius 1 is 1.53 bits per heavy atom. The fourth-order valence-corrected chi connectivity index (χ4v) is 2.80. The fraction of sp³-hybridized carbons (Fsp3) is 0.333. The molecule has 3 nitrogen and oxygen atoms in total. The minimum atomic E-state index is -0.696. The largest absolute Gasteiger partial charge is 0.481 e. The van der Waals surface area contributed by atoms with Crippen LogP contribution in [-0.4, -0.2) is 11.1 Å². The highest BCUT2D eigenvalue weighted by Crippen LogP contribution is 2.61. The van der Waals surface area contributed by atoms with E-state index in [9.17, 15) is 4.79 Å². The van der Waals surface area contributed by atoms with Crippen LogP contribution in [0.15, 0.2) is 18.2 Å². The molecular weight excluding hydrogens is 190 g/mol. The van der Waals surface area contributed by atoms with Crippen LogP contribution in [0.25, 0.3) is 0 Å². The maximum atomic E-state index is 10.9. The van der Waals surface area contributed by atoms with Crippen LogP contribution in [0, 0.1) is 23.2 Å². The number of fused-ring (bicyclic) bond motifs is 3. The zero-order valence-electron chi connectivity index (χ0n) is 7.97. The number of aliphatic carboxylic acids is 1. The second kappa shape index (κ2) is 2.60. The van der Waals surface area contributed by atoms with Crippen molar-refractivity contribution in [2.24, 2.45) is 11.8 Å². The van der Waals surface area contributed by atoms with Crippen LogP contribution in [-0.2, 0) is 11.2 Å². The number of benzene rings is 1. The third kappa shape index (κ3) is 1.02. The molecular formula is C12H9NO2. The van der Waals surface area contributed by atoms with Gasteiger partial charge in [-0.2, -0.15) is 5.26 Å². The highest BCUT2D eigenvalue weighted by molar-refractivity contribution is 5.78. The van der Waals surface area contributed by atoms with Gasteiger partial charge in [-0.3, -0.25) is 4.79 Å². The van der Waals surface area contributed by atoms with E-state index in [0.717, 1.165) is 12.0 Å². The summed E-state index contributed by atoms with van der Waals surface area (Å²) in [5.41, 5.74) is 2.94. The number of nitrogens with zero attached hydrogens (tertiary/aromatic N) is 1. The van der Waals surface area contributed by atoms with Crippen molar-refractivity contribution in [1.82, 2.24) is 0 Å². The van der Waals surface area contributed by atoms with Crippen molar-refractivity contribution in [3.63, 3.8) is 0 Å². The molecule has 3 heteroatoms. The lowest BCUT2D eigenvalue weighted by Gasteiger charge is -2.04. The molecule has 74 valence electrons. The van der Waals surface area contributed by atoms with Gasteiger partial charge in [0.05, 0.1) is 17.6 Å². The number of carbonyl (C=O) groups is 1. The second-order valence-electron chi connectivity index (χ2n) is 4.28. The molecule has 3 atom stereocenters. The molecule has 0 bridgehead atoms. The molecule has 0 aliphatic heterocycles. The van der Waals surface area contributed by atoms with Crippen molar-refractivity contribution in [3.05, 3.63) is 34.9 Å². The van der Waals surface area contributed by atoms with E-state index >= 15 is 0 Å². The van der Waals surface area contributed by atoms with Gasteiger partial charge in [0.25, 0.3) is 0 Å². The zero-order chi connectivity index (χ0) is 10.6. The van der Waals surface area contributed by atoms with Gasteiger partial charge in [0.15, 0.2) is 0 Å². The van der Waals surface area contributed by atoms with Crippen molar-refractivity contribution >= 4 is 5.97 Å². The van der Waals surface area contributed by atoms with E-state index < -0.39 is 5.97 Å². The minimum Gasteiger partial charge on any atom is -0.481 e. The number of rotatable bonds is 1. The van der Waals surface area contributed by atoms with E-state index in [1.54, 1.807) is 6.07 Å². The number of hydrogen-bond acceptors (Lipinski definition) is 2. The number of nitriles is 1. The molecule has 1 N–H and O–H groups in total. The van der Waals surface area contributed by atoms with Gasteiger partial charge in [0.2, 0.25) is 0 Å². The SMILES string of the molecule is N#Cc1ccc2c(c1)[C@@H]1[C@H](C2)[C@H]1C(=O)O. The number of hydrogen-bond donors (Lipinski definition) is 1. The van der Waals surface area contributed by atoms with Crippen LogP contribution in [0.2, 0.25) is 0 Å². The third-order valence-electron chi connectivity index (χ3n) is 3.54. The highest BCUT2D eigenvalue weighted by Gasteiger charge is 2.59. The summed E-state index contributed by atoms with van der Waals surface area (Å²) in [7, 11) is 0. The molecule has 15 heavy (non-hydrogen) atoms. The smallest absolute Gasteiger partial charge is 0.307 e. The fourth-order valence-electron chi connectivity index (χ4n) is 2.80. The summed E-state index contributed by atoms with van der Waals surface area (Å²) in [4.78, 5) is 10.9. The maximum absolute atomic E-state index is 10.9. The first-order valence-electron chi connectivity index (χ1n) is 4.98. The van der Waals surface area contributed by atoms with Crippen LogP contribution in [0.4, 0.5) is 0 Å². The van der Waals surface area contributed by atoms with Crippen LogP contribution in [0.1, 0.15) is 22.6 Å². The molecule has 1 aromatic carbocycles. The van der Waals surface area contributed by atoms with Crippen LogP contribution in [0.3, 0.4) is 0 Å². The van der Waals surface area contributed by atoms with Crippen molar-refractivity contribution in [1.29, 1.82) is 5.26 Å². The molecule has 2 aliphatic rings. The Bertz CT molecular complexity index is 501. The summed E-state index contributed by atoms with van der Waals surface area (Å²) >= 11 is 0. The second-order valence-corrected chi connectivity index (χ2v) is 4.28. The molecule has 0 spiro atoms. The predicted molar refractivity (Wildman–Crippen MR) is 52.2 cm³/mol. The van der Waals surface area contributed by atoms with E-state index in [2.05, 4.69) is 6.07 Å². The summed E-state index contributed by atoms with van der Waals surface area (Å²) < 4.78 is 0. The molecule has 3 rings (SSSR count). The molecule has 0 heterocycles. The molecule has 0 saturated heterocycles. The first-order valence-corrected chi connectivity index (χ1v) is 4.98. The average molecular weight is 199 g/mol. The lowest BCUT2D eigenvalue weighted by Crippen LogP contribution is -2.05. The maximum Gasteiger partial charge on any atom is 0.307 e. The predicted octanol–water partition coefficient (Wildman–Crippen LogP) is 1.53. The lowest BCUT2D eigenvalue weighted by atomic mass is 10.00. The van der Waals surface area contributed by atoms with Gasteiger partial charge in [0.1, 0.15) is 0 Å². The van der Waals surface area contributed by atoms with E-state index in [1.807, 2.05) is 12.1 Å². The quantitative estimate of drug-likeness (QED) is 0.746. The normalized spacial score (nSPS) is 30.2. The summed E-state index contributed by atoms with van der Waals surface area (Å²) in [6.45, 7) is 0. The Balaban J connectivity index is 2.01. The summed E-state index contributed by atoms with van der Waals surface area (Å²) in [5, 5.41) is 17.7. The van der Waals surface area contributed by atoms with Gasteiger partial charge in [-0.15, -0.1) is 0 Å².